The van der Waals surface area contributed by atoms with Crippen molar-refractivity contribution in [1.82, 2.24) is 10.2 Å². The van der Waals surface area contributed by atoms with Gasteiger partial charge < -0.3 is 15.2 Å². The molecule has 0 spiro atoms. The van der Waals surface area contributed by atoms with E-state index in [-0.39, 0.29) is 12.1 Å². The Balaban J connectivity index is 3.98. The van der Waals surface area contributed by atoms with Crippen molar-refractivity contribution < 1.29 is 9.84 Å². The Hall–Kier alpha value is -0.160. The number of methoxy groups -OCH3 is 1. The zero-order valence-corrected chi connectivity index (χ0v) is 12.1. The maximum absolute atomic E-state index is 9.31. The summed E-state index contributed by atoms with van der Waals surface area (Å²) in [7, 11) is 3.65. The number of aliphatic hydroxyl groups is 1. The monoisotopic (exact) mass is 246 g/mol. The van der Waals surface area contributed by atoms with Crippen LogP contribution >= 0.6 is 0 Å². The van der Waals surface area contributed by atoms with Gasteiger partial charge in [0.05, 0.1) is 13.2 Å². The maximum Gasteiger partial charge on any atom is 0.0615 e. The van der Waals surface area contributed by atoms with Gasteiger partial charge in [-0.05, 0) is 46.8 Å². The van der Waals surface area contributed by atoms with Crippen LogP contribution in [0.2, 0.25) is 0 Å². The second-order valence-corrected chi connectivity index (χ2v) is 5.01. The Morgan fingerprint density at radius 2 is 2.12 bits per heavy atom. The number of ether oxygens (including phenoxy) is 1. The number of likely N-dealkylation sites (N-methyl/N-ethyl adjacent to an activating group) is 2. The minimum Gasteiger partial charge on any atom is -0.394 e. The lowest BCUT2D eigenvalue weighted by atomic mass is 9.97. The number of rotatable bonds is 10. The Kier molecular flexibility index (Phi) is 8.78. The van der Waals surface area contributed by atoms with Crippen LogP contribution in [0.15, 0.2) is 0 Å². The summed E-state index contributed by atoms with van der Waals surface area (Å²) >= 11 is 0. The van der Waals surface area contributed by atoms with Crippen molar-refractivity contribution in [2.45, 2.75) is 45.2 Å². The summed E-state index contributed by atoms with van der Waals surface area (Å²) in [5, 5.41) is 12.5. The number of nitrogens with zero attached hydrogens (tertiary/aromatic N) is 1. The summed E-state index contributed by atoms with van der Waals surface area (Å²) in [6, 6.07) is 0.458. The number of hydrogen-bond acceptors (Lipinski definition) is 4. The van der Waals surface area contributed by atoms with Crippen LogP contribution in [0.1, 0.15) is 33.6 Å². The average molecular weight is 246 g/mol. The van der Waals surface area contributed by atoms with Crippen LogP contribution in [0.25, 0.3) is 0 Å². The molecular weight excluding hydrogens is 216 g/mol. The molecular formula is C13H30N2O2. The molecule has 4 nitrogen and oxygen atoms in total. The first-order chi connectivity index (χ1) is 8.02. The molecule has 4 heteroatoms. The number of nitrogens with one attached hydrogen (secondary N) is 1. The zero-order valence-electron chi connectivity index (χ0n) is 12.1. The third kappa shape index (κ3) is 6.36. The van der Waals surface area contributed by atoms with Crippen molar-refractivity contribution in [3.63, 3.8) is 0 Å². The topological polar surface area (TPSA) is 44.7 Å². The minimum absolute atomic E-state index is 0.149. The molecule has 0 aromatic rings. The van der Waals surface area contributed by atoms with Gasteiger partial charge in [-0.3, -0.25) is 4.90 Å². The van der Waals surface area contributed by atoms with Crippen molar-refractivity contribution in [2.75, 3.05) is 40.5 Å². The molecule has 17 heavy (non-hydrogen) atoms. The first kappa shape index (κ1) is 16.8. The van der Waals surface area contributed by atoms with E-state index in [0.29, 0.717) is 6.04 Å². The van der Waals surface area contributed by atoms with Gasteiger partial charge in [0.15, 0.2) is 0 Å². The second kappa shape index (κ2) is 8.86. The highest BCUT2D eigenvalue weighted by Gasteiger charge is 2.21. The predicted octanol–water partition coefficient (Wildman–Crippen LogP) is 1.09. The average Bonchev–Trinajstić information content (AvgIpc) is 2.34. The number of hydrogen-bond donors (Lipinski definition) is 2. The lowest BCUT2D eigenvalue weighted by Gasteiger charge is -2.30. The first-order valence-corrected chi connectivity index (χ1v) is 6.55. The molecule has 0 aliphatic rings. The molecule has 0 aliphatic carbocycles. The minimum atomic E-state index is -0.149. The maximum atomic E-state index is 9.31. The van der Waals surface area contributed by atoms with Gasteiger partial charge in [0.25, 0.3) is 0 Å². The van der Waals surface area contributed by atoms with Crippen LogP contribution in [0.4, 0.5) is 0 Å². The van der Waals surface area contributed by atoms with Gasteiger partial charge in [-0.1, -0.05) is 6.92 Å². The molecule has 0 aliphatic heterocycles. The van der Waals surface area contributed by atoms with E-state index in [1.807, 2.05) is 7.05 Å². The third-order valence-corrected chi connectivity index (χ3v) is 3.56. The quantitative estimate of drug-likeness (QED) is 0.606. The van der Waals surface area contributed by atoms with E-state index in [4.69, 9.17) is 4.74 Å². The highest BCUT2D eigenvalue weighted by atomic mass is 16.5. The fraction of sp³-hybridized carbons (Fsp3) is 1.00. The van der Waals surface area contributed by atoms with Crippen LogP contribution in [-0.2, 0) is 4.74 Å². The molecule has 104 valence electrons. The highest BCUT2D eigenvalue weighted by molar-refractivity contribution is 4.81. The van der Waals surface area contributed by atoms with E-state index in [9.17, 15) is 5.11 Å². The van der Waals surface area contributed by atoms with Gasteiger partial charge in [0.1, 0.15) is 0 Å². The van der Waals surface area contributed by atoms with Crippen molar-refractivity contribution >= 4 is 0 Å². The van der Waals surface area contributed by atoms with Crippen LogP contribution in [-0.4, -0.2) is 62.0 Å². The molecule has 2 unspecified atom stereocenters. The summed E-state index contributed by atoms with van der Waals surface area (Å²) in [6.45, 7) is 9.48. The lowest BCUT2D eigenvalue weighted by Crippen LogP contribution is -2.44. The standard InChI is InChI=1S/C13H30N2O2/c1-6-15(12(2)10-17-5)9-7-8-13(3,11-16)14-4/h12,14,16H,6-11H2,1-5H3. The molecule has 0 aromatic heterocycles. The van der Waals surface area contributed by atoms with Crippen molar-refractivity contribution in [1.29, 1.82) is 0 Å². The molecule has 0 aromatic carbocycles. The highest BCUT2D eigenvalue weighted by Crippen LogP contribution is 2.12. The summed E-state index contributed by atoms with van der Waals surface area (Å²) in [6.07, 6.45) is 2.07. The van der Waals surface area contributed by atoms with Gasteiger partial charge in [-0.15, -0.1) is 0 Å². The largest absolute Gasteiger partial charge is 0.394 e. The Morgan fingerprint density at radius 3 is 2.53 bits per heavy atom. The van der Waals surface area contributed by atoms with Crippen LogP contribution in [0.5, 0.6) is 0 Å². The molecule has 0 bridgehead atoms. The normalized spacial score (nSPS) is 17.1. The molecule has 0 rings (SSSR count). The van der Waals surface area contributed by atoms with E-state index in [0.717, 1.165) is 32.5 Å². The summed E-state index contributed by atoms with van der Waals surface area (Å²) in [5.74, 6) is 0. The Labute approximate surface area is 106 Å². The van der Waals surface area contributed by atoms with Gasteiger partial charge in [0.2, 0.25) is 0 Å². The molecule has 0 radical (unpaired) electrons. The third-order valence-electron chi connectivity index (χ3n) is 3.56. The first-order valence-electron chi connectivity index (χ1n) is 6.55. The van der Waals surface area contributed by atoms with E-state index in [1.54, 1.807) is 7.11 Å². The van der Waals surface area contributed by atoms with Crippen molar-refractivity contribution in [2.24, 2.45) is 0 Å². The van der Waals surface area contributed by atoms with Crippen LogP contribution in [0, 0.1) is 0 Å². The van der Waals surface area contributed by atoms with Gasteiger partial charge in [-0.2, -0.15) is 0 Å². The fourth-order valence-electron chi connectivity index (χ4n) is 1.99. The number of aliphatic hydroxyl groups excluding tert-OH is 1. The Morgan fingerprint density at radius 1 is 1.47 bits per heavy atom. The van der Waals surface area contributed by atoms with Crippen LogP contribution in [0.3, 0.4) is 0 Å². The summed E-state index contributed by atoms with van der Waals surface area (Å²) in [4.78, 5) is 2.41. The molecule has 0 saturated carbocycles. The zero-order chi connectivity index (χ0) is 13.3. The Bertz CT molecular complexity index is 184. The smallest absolute Gasteiger partial charge is 0.0615 e. The molecule has 0 heterocycles. The van der Waals surface area contributed by atoms with Gasteiger partial charge in [-0.25, -0.2) is 0 Å². The molecule has 0 fully saturated rings. The van der Waals surface area contributed by atoms with Gasteiger partial charge >= 0.3 is 0 Å². The van der Waals surface area contributed by atoms with Crippen molar-refractivity contribution in [3.05, 3.63) is 0 Å². The SMILES string of the molecule is CCN(CCCC(C)(CO)NC)C(C)COC. The van der Waals surface area contributed by atoms with E-state index in [1.165, 1.54) is 0 Å². The van der Waals surface area contributed by atoms with E-state index < -0.39 is 0 Å². The van der Waals surface area contributed by atoms with Crippen LogP contribution < -0.4 is 5.32 Å². The fourth-order valence-corrected chi connectivity index (χ4v) is 1.99. The second-order valence-electron chi connectivity index (χ2n) is 5.01. The predicted molar refractivity (Wildman–Crippen MR) is 72.4 cm³/mol. The molecule has 2 N–H and O–H groups in total. The molecule has 2 atom stereocenters. The van der Waals surface area contributed by atoms with E-state index >= 15 is 0 Å². The van der Waals surface area contributed by atoms with Crippen molar-refractivity contribution in [3.8, 4) is 0 Å². The summed E-state index contributed by atoms with van der Waals surface area (Å²) < 4.78 is 5.18. The van der Waals surface area contributed by atoms with E-state index in [2.05, 4.69) is 31.0 Å². The summed E-state index contributed by atoms with van der Waals surface area (Å²) in [5.41, 5.74) is -0.149. The molecule has 0 amide bonds. The molecule has 0 saturated heterocycles. The van der Waals surface area contributed by atoms with Gasteiger partial charge in [0, 0.05) is 18.7 Å². The lowest BCUT2D eigenvalue weighted by molar-refractivity contribution is 0.0970.